The zero-order chi connectivity index (χ0) is 14.5. The zero-order valence-electron chi connectivity index (χ0n) is 11.5. The Balaban J connectivity index is 2.24. The van der Waals surface area contributed by atoms with Crippen LogP contribution in [0.15, 0.2) is 18.2 Å². The average molecular weight is 279 g/mol. The predicted octanol–water partition coefficient (Wildman–Crippen LogP) is 0.745. The molecule has 1 fully saturated rings. The number of ether oxygens (including phenoxy) is 3. The summed E-state index contributed by atoms with van der Waals surface area (Å²) < 4.78 is 15.4. The molecule has 1 aliphatic rings. The number of ketones is 1. The van der Waals surface area contributed by atoms with Crippen molar-refractivity contribution in [3.05, 3.63) is 23.8 Å². The SMILES string of the molecule is COc1ccc(OC)c(C(=O)C(=O)N2CCOCC2)c1. The Morgan fingerprint density at radius 1 is 1.15 bits per heavy atom. The number of hydrogen-bond acceptors (Lipinski definition) is 5. The molecule has 108 valence electrons. The summed E-state index contributed by atoms with van der Waals surface area (Å²) in [5.41, 5.74) is 0.211. The van der Waals surface area contributed by atoms with E-state index in [2.05, 4.69) is 0 Å². The molecule has 6 heteroatoms. The van der Waals surface area contributed by atoms with Crippen LogP contribution in [0.3, 0.4) is 0 Å². The van der Waals surface area contributed by atoms with E-state index in [0.29, 0.717) is 37.8 Å². The smallest absolute Gasteiger partial charge is 0.295 e. The fourth-order valence-electron chi connectivity index (χ4n) is 2.02. The third-order valence-corrected chi connectivity index (χ3v) is 3.14. The van der Waals surface area contributed by atoms with Gasteiger partial charge in [0.2, 0.25) is 0 Å². The lowest BCUT2D eigenvalue weighted by Crippen LogP contribution is -2.44. The molecule has 1 aromatic carbocycles. The van der Waals surface area contributed by atoms with Crippen LogP contribution in [0.2, 0.25) is 0 Å². The largest absolute Gasteiger partial charge is 0.497 e. The highest BCUT2D eigenvalue weighted by atomic mass is 16.5. The normalized spacial score (nSPS) is 14.8. The first-order chi connectivity index (χ1) is 9.67. The molecular weight excluding hydrogens is 262 g/mol. The van der Waals surface area contributed by atoms with Crippen LogP contribution in [0.25, 0.3) is 0 Å². The Bertz CT molecular complexity index is 508. The van der Waals surface area contributed by atoms with Gasteiger partial charge >= 0.3 is 0 Å². The van der Waals surface area contributed by atoms with E-state index in [1.165, 1.54) is 25.2 Å². The minimum Gasteiger partial charge on any atom is -0.497 e. The summed E-state index contributed by atoms with van der Waals surface area (Å²) in [6.07, 6.45) is 0. The van der Waals surface area contributed by atoms with Crippen molar-refractivity contribution in [3.63, 3.8) is 0 Å². The summed E-state index contributed by atoms with van der Waals surface area (Å²) in [5.74, 6) is -0.274. The highest BCUT2D eigenvalue weighted by Crippen LogP contribution is 2.25. The van der Waals surface area contributed by atoms with Crippen LogP contribution in [0.4, 0.5) is 0 Å². The molecule has 0 saturated carbocycles. The van der Waals surface area contributed by atoms with Gasteiger partial charge in [-0.2, -0.15) is 0 Å². The summed E-state index contributed by atoms with van der Waals surface area (Å²) in [6.45, 7) is 1.76. The molecule has 0 unspecified atom stereocenters. The van der Waals surface area contributed by atoms with Crippen LogP contribution in [0, 0.1) is 0 Å². The molecule has 20 heavy (non-hydrogen) atoms. The molecule has 0 bridgehead atoms. The number of methoxy groups -OCH3 is 2. The van der Waals surface area contributed by atoms with Gasteiger partial charge < -0.3 is 19.1 Å². The standard InChI is InChI=1S/C14H17NO5/c1-18-10-3-4-12(19-2)11(9-10)13(16)14(17)15-5-7-20-8-6-15/h3-4,9H,5-8H2,1-2H3. The van der Waals surface area contributed by atoms with E-state index in [9.17, 15) is 9.59 Å². The molecule has 6 nitrogen and oxygen atoms in total. The van der Waals surface area contributed by atoms with E-state index in [4.69, 9.17) is 14.2 Å². The molecule has 0 N–H and O–H groups in total. The van der Waals surface area contributed by atoms with E-state index in [1.54, 1.807) is 12.1 Å². The molecule has 1 heterocycles. The number of hydrogen-bond donors (Lipinski definition) is 0. The average Bonchev–Trinajstić information content (AvgIpc) is 2.53. The number of Topliss-reactive ketones (excluding diaryl/α,β-unsaturated/α-hetero) is 1. The number of morpholine rings is 1. The van der Waals surface area contributed by atoms with Gasteiger partial charge in [0.1, 0.15) is 11.5 Å². The molecule has 0 aromatic heterocycles. The molecule has 0 radical (unpaired) electrons. The lowest BCUT2D eigenvalue weighted by atomic mass is 10.1. The van der Waals surface area contributed by atoms with Crippen molar-refractivity contribution < 1.29 is 23.8 Å². The van der Waals surface area contributed by atoms with Crippen molar-refractivity contribution in [2.24, 2.45) is 0 Å². The lowest BCUT2D eigenvalue weighted by Gasteiger charge is -2.26. The minimum atomic E-state index is -0.595. The first kappa shape index (κ1) is 14.3. The molecule has 1 aliphatic heterocycles. The summed E-state index contributed by atoms with van der Waals surface area (Å²) in [6, 6.07) is 4.80. The Kier molecular flexibility index (Phi) is 4.57. The minimum absolute atomic E-state index is 0.211. The second-order valence-corrected chi connectivity index (χ2v) is 4.30. The quantitative estimate of drug-likeness (QED) is 0.601. The Morgan fingerprint density at radius 2 is 1.85 bits per heavy atom. The topological polar surface area (TPSA) is 65.1 Å². The highest BCUT2D eigenvalue weighted by molar-refractivity contribution is 6.43. The van der Waals surface area contributed by atoms with E-state index < -0.39 is 11.7 Å². The van der Waals surface area contributed by atoms with Crippen molar-refractivity contribution in [1.82, 2.24) is 4.90 Å². The second-order valence-electron chi connectivity index (χ2n) is 4.30. The van der Waals surface area contributed by atoms with Crippen molar-refractivity contribution >= 4 is 11.7 Å². The van der Waals surface area contributed by atoms with Crippen LogP contribution in [-0.2, 0) is 9.53 Å². The maximum absolute atomic E-state index is 12.3. The molecule has 0 aliphatic carbocycles. The van der Waals surface area contributed by atoms with E-state index in [-0.39, 0.29) is 5.56 Å². The summed E-state index contributed by atoms with van der Waals surface area (Å²) >= 11 is 0. The highest BCUT2D eigenvalue weighted by Gasteiger charge is 2.27. The van der Waals surface area contributed by atoms with Crippen LogP contribution in [0.1, 0.15) is 10.4 Å². The summed E-state index contributed by atoms with van der Waals surface area (Å²) in [4.78, 5) is 26.0. The maximum atomic E-state index is 12.3. The van der Waals surface area contributed by atoms with Crippen LogP contribution in [0.5, 0.6) is 11.5 Å². The number of carbonyl (C=O) groups is 2. The first-order valence-electron chi connectivity index (χ1n) is 6.30. The molecule has 0 atom stereocenters. The zero-order valence-corrected chi connectivity index (χ0v) is 11.5. The fraction of sp³-hybridized carbons (Fsp3) is 0.429. The number of rotatable bonds is 4. The van der Waals surface area contributed by atoms with Crippen molar-refractivity contribution in [2.75, 3.05) is 40.5 Å². The van der Waals surface area contributed by atoms with Gasteiger partial charge in [0, 0.05) is 13.1 Å². The van der Waals surface area contributed by atoms with Crippen molar-refractivity contribution in [2.45, 2.75) is 0 Å². The summed E-state index contributed by atoms with van der Waals surface area (Å²) in [7, 11) is 2.96. The Labute approximate surface area is 117 Å². The number of benzene rings is 1. The third kappa shape index (κ3) is 2.91. The van der Waals surface area contributed by atoms with Gasteiger partial charge in [-0.3, -0.25) is 9.59 Å². The van der Waals surface area contributed by atoms with E-state index >= 15 is 0 Å². The van der Waals surface area contributed by atoms with E-state index in [1.807, 2.05) is 0 Å². The number of nitrogens with zero attached hydrogens (tertiary/aromatic N) is 1. The molecule has 2 rings (SSSR count). The predicted molar refractivity (Wildman–Crippen MR) is 71.3 cm³/mol. The lowest BCUT2D eigenvalue weighted by molar-refractivity contribution is -0.130. The van der Waals surface area contributed by atoms with Crippen LogP contribution >= 0.6 is 0 Å². The van der Waals surface area contributed by atoms with Gasteiger partial charge in [0.15, 0.2) is 0 Å². The summed E-state index contributed by atoms with van der Waals surface area (Å²) in [5, 5.41) is 0. The first-order valence-corrected chi connectivity index (χ1v) is 6.30. The second kappa shape index (κ2) is 6.38. The number of amides is 1. The van der Waals surface area contributed by atoms with Gasteiger partial charge in [-0.25, -0.2) is 0 Å². The maximum Gasteiger partial charge on any atom is 0.295 e. The molecule has 0 spiro atoms. The van der Waals surface area contributed by atoms with Gasteiger partial charge in [-0.1, -0.05) is 0 Å². The van der Waals surface area contributed by atoms with Gasteiger partial charge in [-0.05, 0) is 18.2 Å². The Morgan fingerprint density at radius 3 is 2.45 bits per heavy atom. The molecule has 1 amide bonds. The third-order valence-electron chi connectivity index (χ3n) is 3.14. The molecule has 1 aromatic rings. The van der Waals surface area contributed by atoms with Gasteiger partial charge in [-0.15, -0.1) is 0 Å². The molecular formula is C14H17NO5. The van der Waals surface area contributed by atoms with Gasteiger partial charge in [0.05, 0.1) is 33.0 Å². The van der Waals surface area contributed by atoms with Crippen molar-refractivity contribution in [3.8, 4) is 11.5 Å². The van der Waals surface area contributed by atoms with Crippen LogP contribution in [-0.4, -0.2) is 57.1 Å². The number of carbonyl (C=O) groups excluding carboxylic acids is 2. The Hall–Kier alpha value is -2.08. The van der Waals surface area contributed by atoms with Gasteiger partial charge in [0.25, 0.3) is 11.7 Å². The molecule has 1 saturated heterocycles. The van der Waals surface area contributed by atoms with Crippen LogP contribution < -0.4 is 9.47 Å². The van der Waals surface area contributed by atoms with Crippen molar-refractivity contribution in [1.29, 1.82) is 0 Å². The monoisotopic (exact) mass is 279 g/mol. The van der Waals surface area contributed by atoms with E-state index in [0.717, 1.165) is 0 Å². The fourth-order valence-corrected chi connectivity index (χ4v) is 2.02.